The summed E-state index contributed by atoms with van der Waals surface area (Å²) in [6, 6.07) is 5.73. The van der Waals surface area contributed by atoms with Gasteiger partial charge in [-0.05, 0) is 29.5 Å². The quantitative estimate of drug-likeness (QED) is 0.602. The first kappa shape index (κ1) is 11.8. The summed E-state index contributed by atoms with van der Waals surface area (Å²) in [5.41, 5.74) is 1.40. The lowest BCUT2D eigenvalue weighted by molar-refractivity contribution is 0.458. The molecule has 0 aliphatic carbocycles. The normalized spacial score (nSPS) is 11.7. The molecule has 0 amide bonds. The van der Waals surface area contributed by atoms with E-state index in [1.807, 2.05) is 12.1 Å². The maximum Gasteiger partial charge on any atom is 0.130 e. The number of phenolic OH excluding ortho intramolecular Hbond substituents is 1. The number of hydrogen-bond acceptors (Lipinski definition) is 3. The van der Waals surface area contributed by atoms with Crippen molar-refractivity contribution >= 4 is 22.5 Å². The van der Waals surface area contributed by atoms with Gasteiger partial charge in [-0.1, -0.05) is 37.6 Å². The minimum absolute atomic E-state index is 0.159. The average molecular weight is 228 g/mol. The molecule has 0 radical (unpaired) electrons. The lowest BCUT2D eigenvalue weighted by Gasteiger charge is -2.23. The van der Waals surface area contributed by atoms with Crippen LogP contribution in [0.3, 0.4) is 0 Å². The third-order valence-electron chi connectivity index (χ3n) is 2.72. The summed E-state index contributed by atoms with van der Waals surface area (Å²) in [7, 11) is 1.28. The van der Waals surface area contributed by atoms with E-state index in [0.717, 1.165) is 11.3 Å². The van der Waals surface area contributed by atoms with Gasteiger partial charge in [0.05, 0.1) is 4.90 Å². The van der Waals surface area contributed by atoms with Crippen LogP contribution in [0.5, 0.6) is 5.75 Å². The van der Waals surface area contributed by atoms with E-state index >= 15 is 0 Å². The molecule has 0 saturated carbocycles. The molecule has 0 heterocycles. The Morgan fingerprint density at radius 3 is 2.57 bits per heavy atom. The number of hydrogen-bond donors (Lipinski definition) is 2. The Kier molecular flexibility index (Phi) is 3.78. The van der Waals surface area contributed by atoms with Gasteiger partial charge in [-0.3, -0.25) is 0 Å². The fourth-order valence-corrected chi connectivity index (χ4v) is 1.99. The number of rotatable bonds is 3. The maximum atomic E-state index is 9.50. The first-order valence-corrected chi connectivity index (χ1v) is 6.53. The van der Waals surface area contributed by atoms with Gasteiger partial charge in [-0.2, -0.15) is 0 Å². The molecule has 0 unspecified atom stereocenters. The van der Waals surface area contributed by atoms with E-state index in [4.69, 9.17) is 0 Å². The second-order valence-electron chi connectivity index (χ2n) is 4.01. The molecule has 0 fully saturated rings. The molecule has 0 aliphatic heterocycles. The van der Waals surface area contributed by atoms with Crippen molar-refractivity contribution in [2.24, 2.45) is 0 Å². The molecule has 1 nitrogen and oxygen atoms in total. The topological polar surface area (TPSA) is 20.2 Å². The van der Waals surface area contributed by atoms with Crippen molar-refractivity contribution in [3.8, 4) is 5.75 Å². The number of phenols is 1. The van der Waals surface area contributed by atoms with E-state index in [2.05, 4.69) is 32.4 Å². The Hall–Kier alpha value is -0.280. The first-order chi connectivity index (χ1) is 6.51. The highest BCUT2D eigenvalue weighted by atomic mass is 33.1. The highest BCUT2D eigenvalue weighted by Crippen LogP contribution is 2.36. The fraction of sp³-hybridized carbons (Fsp3) is 0.455. The Labute approximate surface area is 94.7 Å². The van der Waals surface area contributed by atoms with E-state index in [1.165, 1.54) is 16.4 Å². The van der Waals surface area contributed by atoms with Gasteiger partial charge in [-0.15, -0.1) is 11.7 Å². The van der Waals surface area contributed by atoms with Gasteiger partial charge in [-0.25, -0.2) is 0 Å². The molecule has 14 heavy (non-hydrogen) atoms. The van der Waals surface area contributed by atoms with E-state index in [1.54, 1.807) is 6.07 Å². The van der Waals surface area contributed by atoms with E-state index < -0.39 is 0 Å². The van der Waals surface area contributed by atoms with Crippen LogP contribution in [-0.2, 0) is 5.41 Å². The molecule has 0 bridgehead atoms. The zero-order chi connectivity index (χ0) is 10.8. The second-order valence-corrected chi connectivity index (χ2v) is 5.18. The first-order valence-electron chi connectivity index (χ1n) is 4.66. The fourth-order valence-electron chi connectivity index (χ4n) is 1.21. The molecular formula is C11H16OS2. The minimum Gasteiger partial charge on any atom is -0.507 e. The van der Waals surface area contributed by atoms with E-state index in [9.17, 15) is 5.11 Å². The van der Waals surface area contributed by atoms with Gasteiger partial charge in [0, 0.05) is 0 Å². The molecule has 1 N–H and O–H groups in total. The van der Waals surface area contributed by atoms with Crippen LogP contribution in [0.15, 0.2) is 23.1 Å². The molecule has 0 atom stereocenters. The van der Waals surface area contributed by atoms with Crippen LogP contribution in [0.2, 0.25) is 0 Å². The van der Waals surface area contributed by atoms with E-state index in [0.29, 0.717) is 5.75 Å². The zero-order valence-electron chi connectivity index (χ0n) is 8.74. The molecule has 1 aromatic rings. The summed E-state index contributed by atoms with van der Waals surface area (Å²) in [6.07, 6.45) is 1.08. The van der Waals surface area contributed by atoms with Crippen molar-refractivity contribution in [1.82, 2.24) is 0 Å². The molecular weight excluding hydrogens is 212 g/mol. The summed E-state index contributed by atoms with van der Waals surface area (Å²) < 4.78 is 0. The van der Waals surface area contributed by atoms with E-state index in [-0.39, 0.29) is 5.41 Å². The highest BCUT2D eigenvalue weighted by molar-refractivity contribution is 8.68. The Morgan fingerprint density at radius 1 is 1.43 bits per heavy atom. The van der Waals surface area contributed by atoms with Crippen molar-refractivity contribution < 1.29 is 5.11 Å². The monoisotopic (exact) mass is 228 g/mol. The van der Waals surface area contributed by atoms with Crippen LogP contribution < -0.4 is 0 Å². The Bertz CT molecular complexity index is 321. The van der Waals surface area contributed by atoms with Crippen molar-refractivity contribution in [3.05, 3.63) is 23.8 Å². The van der Waals surface area contributed by atoms with Gasteiger partial charge >= 0.3 is 0 Å². The molecule has 1 aromatic carbocycles. The van der Waals surface area contributed by atoms with Crippen molar-refractivity contribution in [3.63, 3.8) is 0 Å². The summed E-state index contributed by atoms with van der Waals surface area (Å²) in [6.45, 7) is 6.57. The van der Waals surface area contributed by atoms with Gasteiger partial charge in [0.15, 0.2) is 0 Å². The standard InChI is InChI=1S/C11H16OS2/c1-4-11(2,3)8-5-6-9(12)10(7-8)14-13/h5-7,12-13H,4H2,1-3H3. The van der Waals surface area contributed by atoms with Crippen LogP contribution in [0.1, 0.15) is 32.8 Å². The minimum atomic E-state index is 0.159. The predicted octanol–water partition coefficient (Wildman–Crippen LogP) is 4.02. The summed E-state index contributed by atoms with van der Waals surface area (Å²) in [5, 5.41) is 9.50. The van der Waals surface area contributed by atoms with Gasteiger partial charge in [0.2, 0.25) is 0 Å². The third-order valence-corrected chi connectivity index (χ3v) is 3.84. The zero-order valence-corrected chi connectivity index (χ0v) is 10.5. The summed E-state index contributed by atoms with van der Waals surface area (Å²) in [5.74, 6) is 0.306. The van der Waals surface area contributed by atoms with Crippen LogP contribution >= 0.6 is 22.5 Å². The SMILES string of the molecule is CCC(C)(C)c1ccc(O)c(SS)c1. The Balaban J connectivity index is 3.12. The second kappa shape index (κ2) is 4.49. The average Bonchev–Trinajstić information content (AvgIpc) is 2.18. The van der Waals surface area contributed by atoms with Gasteiger partial charge < -0.3 is 5.11 Å². The Morgan fingerprint density at radius 2 is 2.07 bits per heavy atom. The number of aromatic hydroxyl groups is 1. The molecule has 0 saturated heterocycles. The third kappa shape index (κ3) is 2.39. The molecule has 0 aliphatic rings. The molecule has 1 rings (SSSR count). The summed E-state index contributed by atoms with van der Waals surface area (Å²) >= 11 is 4.11. The number of benzene rings is 1. The highest BCUT2D eigenvalue weighted by Gasteiger charge is 2.18. The number of thiol groups is 1. The van der Waals surface area contributed by atoms with Crippen molar-refractivity contribution in [2.45, 2.75) is 37.5 Å². The largest absolute Gasteiger partial charge is 0.507 e. The molecule has 3 heteroatoms. The van der Waals surface area contributed by atoms with Crippen molar-refractivity contribution in [1.29, 1.82) is 0 Å². The van der Waals surface area contributed by atoms with Crippen molar-refractivity contribution in [2.75, 3.05) is 0 Å². The van der Waals surface area contributed by atoms with Gasteiger partial charge in [0.25, 0.3) is 0 Å². The predicted molar refractivity (Wildman–Crippen MR) is 66.3 cm³/mol. The lowest BCUT2D eigenvalue weighted by atomic mass is 9.82. The van der Waals surface area contributed by atoms with Gasteiger partial charge in [0.1, 0.15) is 5.75 Å². The molecule has 78 valence electrons. The van der Waals surface area contributed by atoms with Crippen LogP contribution in [-0.4, -0.2) is 5.11 Å². The van der Waals surface area contributed by atoms with Crippen LogP contribution in [0.4, 0.5) is 0 Å². The molecule has 0 aromatic heterocycles. The maximum absolute atomic E-state index is 9.50. The molecule has 0 spiro atoms. The summed E-state index contributed by atoms with van der Waals surface area (Å²) in [4.78, 5) is 0.826. The van der Waals surface area contributed by atoms with Crippen LogP contribution in [0.25, 0.3) is 0 Å². The smallest absolute Gasteiger partial charge is 0.130 e. The van der Waals surface area contributed by atoms with Crippen LogP contribution in [0, 0.1) is 0 Å². The lowest BCUT2D eigenvalue weighted by Crippen LogP contribution is -2.15.